The molecular weight excluding hydrogens is 156 g/mol. The van der Waals surface area contributed by atoms with Crippen molar-refractivity contribution in [2.24, 2.45) is 0 Å². The first kappa shape index (κ1) is 9.96. The van der Waals surface area contributed by atoms with Crippen molar-refractivity contribution in [3.8, 4) is 0 Å². The average molecular weight is 174 g/mol. The van der Waals surface area contributed by atoms with Gasteiger partial charge in [-0.3, -0.25) is 0 Å². The van der Waals surface area contributed by atoms with Crippen LogP contribution in [-0.4, -0.2) is 29.7 Å². The van der Waals surface area contributed by atoms with E-state index < -0.39 is 11.9 Å². The van der Waals surface area contributed by atoms with Gasteiger partial charge in [-0.25, -0.2) is 0 Å². The van der Waals surface area contributed by atoms with Gasteiger partial charge in [0.05, 0.1) is 12.7 Å². The van der Waals surface area contributed by atoms with E-state index in [2.05, 4.69) is 0 Å². The van der Waals surface area contributed by atoms with Gasteiger partial charge in [-0.15, -0.1) is 0 Å². The average Bonchev–Trinajstić information content (AvgIpc) is 2.49. The predicted molar refractivity (Wildman–Crippen MR) is 45.8 cm³/mol. The van der Waals surface area contributed by atoms with Crippen LogP contribution in [-0.2, 0) is 9.47 Å². The highest BCUT2D eigenvalue weighted by atomic mass is 16.7. The van der Waals surface area contributed by atoms with E-state index in [1.807, 2.05) is 13.8 Å². The van der Waals surface area contributed by atoms with Crippen LogP contribution in [0.1, 0.15) is 33.6 Å². The van der Waals surface area contributed by atoms with Crippen molar-refractivity contribution in [2.75, 3.05) is 6.61 Å². The molecule has 72 valence electrons. The minimum Gasteiger partial charge on any atom is -0.391 e. The molecule has 1 heterocycles. The number of aliphatic hydroxyl groups excluding tert-OH is 1. The first-order chi connectivity index (χ1) is 5.63. The Bertz CT molecular complexity index is 141. The predicted octanol–water partition coefficient (Wildman–Crippen LogP) is 1.30. The van der Waals surface area contributed by atoms with Gasteiger partial charge in [-0.1, -0.05) is 13.8 Å². The summed E-state index contributed by atoms with van der Waals surface area (Å²) in [5.74, 6) is -0.429. The normalized spacial score (nSPS) is 30.5. The van der Waals surface area contributed by atoms with Crippen LogP contribution in [0.15, 0.2) is 0 Å². The molecule has 1 saturated heterocycles. The maximum absolute atomic E-state index is 9.27. The molecule has 0 aromatic carbocycles. The maximum atomic E-state index is 9.27. The van der Waals surface area contributed by atoms with Crippen LogP contribution < -0.4 is 0 Å². The summed E-state index contributed by atoms with van der Waals surface area (Å²) in [4.78, 5) is 0. The highest BCUT2D eigenvalue weighted by molar-refractivity contribution is 4.79. The molecule has 0 radical (unpaired) electrons. The molecule has 1 fully saturated rings. The van der Waals surface area contributed by atoms with Gasteiger partial charge in [-0.05, 0) is 19.8 Å². The smallest absolute Gasteiger partial charge is 0.168 e. The number of ether oxygens (including phenoxy) is 2. The fourth-order valence-corrected chi connectivity index (χ4v) is 1.44. The summed E-state index contributed by atoms with van der Waals surface area (Å²) in [7, 11) is 0. The maximum Gasteiger partial charge on any atom is 0.168 e. The second-order valence-electron chi connectivity index (χ2n) is 3.33. The zero-order valence-corrected chi connectivity index (χ0v) is 8.04. The van der Waals surface area contributed by atoms with Gasteiger partial charge < -0.3 is 14.6 Å². The molecule has 0 aromatic heterocycles. The Morgan fingerprint density at radius 1 is 1.50 bits per heavy atom. The Morgan fingerprint density at radius 2 is 2.08 bits per heavy atom. The van der Waals surface area contributed by atoms with E-state index in [0.717, 1.165) is 12.8 Å². The lowest BCUT2D eigenvalue weighted by Gasteiger charge is -2.25. The van der Waals surface area contributed by atoms with Crippen molar-refractivity contribution in [3.63, 3.8) is 0 Å². The molecule has 3 nitrogen and oxygen atoms in total. The molecule has 0 aromatic rings. The lowest BCUT2D eigenvalue weighted by molar-refractivity contribution is -0.180. The van der Waals surface area contributed by atoms with E-state index in [1.165, 1.54) is 0 Å². The molecule has 2 atom stereocenters. The fraction of sp³-hybridized carbons (Fsp3) is 1.00. The second-order valence-corrected chi connectivity index (χ2v) is 3.33. The number of aliphatic hydroxyl groups is 1. The third kappa shape index (κ3) is 1.79. The van der Waals surface area contributed by atoms with Crippen LogP contribution >= 0.6 is 0 Å². The Hall–Kier alpha value is -0.120. The van der Waals surface area contributed by atoms with Crippen LogP contribution in [0, 0.1) is 0 Å². The summed E-state index contributed by atoms with van der Waals surface area (Å²) >= 11 is 0. The minimum atomic E-state index is -0.440. The third-order valence-corrected chi connectivity index (χ3v) is 2.49. The Morgan fingerprint density at radius 3 is 2.33 bits per heavy atom. The lowest BCUT2D eigenvalue weighted by atomic mass is 10.1. The Labute approximate surface area is 73.7 Å². The minimum absolute atomic E-state index is 0.148. The highest BCUT2D eigenvalue weighted by Crippen LogP contribution is 2.31. The van der Waals surface area contributed by atoms with Crippen molar-refractivity contribution in [1.29, 1.82) is 0 Å². The highest BCUT2D eigenvalue weighted by Gasteiger charge is 2.39. The van der Waals surface area contributed by atoms with Crippen LogP contribution in [0.25, 0.3) is 0 Å². The van der Waals surface area contributed by atoms with Crippen LogP contribution in [0.3, 0.4) is 0 Å². The van der Waals surface area contributed by atoms with E-state index in [1.54, 1.807) is 6.92 Å². The number of hydrogen-bond donors (Lipinski definition) is 1. The summed E-state index contributed by atoms with van der Waals surface area (Å²) in [5.41, 5.74) is 0. The molecule has 0 amide bonds. The molecule has 0 bridgehead atoms. The summed E-state index contributed by atoms with van der Waals surface area (Å²) < 4.78 is 11.2. The van der Waals surface area contributed by atoms with Gasteiger partial charge in [-0.2, -0.15) is 0 Å². The van der Waals surface area contributed by atoms with Gasteiger partial charge in [0.15, 0.2) is 5.79 Å². The van der Waals surface area contributed by atoms with E-state index >= 15 is 0 Å². The van der Waals surface area contributed by atoms with Crippen LogP contribution in [0.2, 0.25) is 0 Å². The van der Waals surface area contributed by atoms with E-state index in [9.17, 15) is 5.11 Å². The van der Waals surface area contributed by atoms with E-state index in [0.29, 0.717) is 6.61 Å². The third-order valence-electron chi connectivity index (χ3n) is 2.49. The van der Waals surface area contributed by atoms with Gasteiger partial charge in [0, 0.05) is 0 Å². The lowest BCUT2D eigenvalue weighted by Crippen LogP contribution is -2.32. The molecule has 0 aliphatic carbocycles. The SMILES string of the molecule is CCC1(CC)OCC([C@H](C)O)O1. The van der Waals surface area contributed by atoms with Gasteiger partial charge in [0.2, 0.25) is 0 Å². The standard InChI is InChI=1S/C9H18O3/c1-4-9(5-2)11-6-8(12-9)7(3)10/h7-8,10H,4-6H2,1-3H3/t7-,8?/m0/s1. The number of rotatable bonds is 3. The molecular formula is C9H18O3. The fourth-order valence-electron chi connectivity index (χ4n) is 1.44. The van der Waals surface area contributed by atoms with Crippen molar-refractivity contribution < 1.29 is 14.6 Å². The monoisotopic (exact) mass is 174 g/mol. The number of hydrogen-bond acceptors (Lipinski definition) is 3. The van der Waals surface area contributed by atoms with E-state index in [-0.39, 0.29) is 6.10 Å². The summed E-state index contributed by atoms with van der Waals surface area (Å²) in [6, 6.07) is 0. The molecule has 1 aliphatic heterocycles. The first-order valence-electron chi connectivity index (χ1n) is 4.63. The summed E-state index contributed by atoms with van der Waals surface area (Å²) in [6.07, 6.45) is 1.09. The molecule has 1 N–H and O–H groups in total. The zero-order chi connectivity index (χ0) is 9.19. The van der Waals surface area contributed by atoms with Crippen LogP contribution in [0.4, 0.5) is 0 Å². The second kappa shape index (κ2) is 3.73. The van der Waals surface area contributed by atoms with Crippen molar-refractivity contribution in [2.45, 2.75) is 51.6 Å². The molecule has 3 heteroatoms. The Balaban J connectivity index is 2.52. The Kier molecular flexibility index (Phi) is 3.09. The zero-order valence-electron chi connectivity index (χ0n) is 8.04. The summed E-state index contributed by atoms with van der Waals surface area (Å²) in [5, 5.41) is 9.27. The van der Waals surface area contributed by atoms with Crippen LogP contribution in [0.5, 0.6) is 0 Å². The van der Waals surface area contributed by atoms with Crippen molar-refractivity contribution >= 4 is 0 Å². The molecule has 1 rings (SSSR count). The molecule has 1 aliphatic rings. The molecule has 0 spiro atoms. The van der Waals surface area contributed by atoms with Gasteiger partial charge in [0.25, 0.3) is 0 Å². The van der Waals surface area contributed by atoms with E-state index in [4.69, 9.17) is 9.47 Å². The topological polar surface area (TPSA) is 38.7 Å². The quantitative estimate of drug-likeness (QED) is 0.701. The molecule has 0 saturated carbocycles. The largest absolute Gasteiger partial charge is 0.391 e. The summed E-state index contributed by atoms with van der Waals surface area (Å²) in [6.45, 7) is 6.32. The molecule has 1 unspecified atom stereocenters. The van der Waals surface area contributed by atoms with Gasteiger partial charge in [0.1, 0.15) is 6.10 Å². The van der Waals surface area contributed by atoms with Crippen molar-refractivity contribution in [1.82, 2.24) is 0 Å². The van der Waals surface area contributed by atoms with Gasteiger partial charge >= 0.3 is 0 Å². The first-order valence-corrected chi connectivity index (χ1v) is 4.63. The van der Waals surface area contributed by atoms with Crippen molar-refractivity contribution in [3.05, 3.63) is 0 Å². The molecule has 12 heavy (non-hydrogen) atoms.